The van der Waals surface area contributed by atoms with Gasteiger partial charge in [0, 0.05) is 11.8 Å². The van der Waals surface area contributed by atoms with E-state index >= 15 is 0 Å². The first-order chi connectivity index (χ1) is 6.75. The molecule has 2 rings (SSSR count). The monoisotopic (exact) mass is 211 g/mol. The second-order valence-corrected chi connectivity index (χ2v) is 3.55. The van der Waals surface area contributed by atoms with Crippen LogP contribution in [0.25, 0.3) is 0 Å². The predicted molar refractivity (Wildman–Crippen MR) is 49.6 cm³/mol. The van der Waals surface area contributed by atoms with Crippen LogP contribution in [0.5, 0.6) is 0 Å². The van der Waals surface area contributed by atoms with Crippen LogP contribution >= 0.6 is 11.3 Å². The van der Waals surface area contributed by atoms with Gasteiger partial charge in [-0.2, -0.15) is 4.80 Å². The fourth-order valence-corrected chi connectivity index (χ4v) is 1.67. The summed E-state index contributed by atoms with van der Waals surface area (Å²) in [7, 11) is 1.69. The smallest absolute Gasteiger partial charge is 0.177 e. The fraction of sp³-hybridized carbons (Fsp3) is 0.429. The molecule has 74 valence electrons. The van der Waals surface area contributed by atoms with Gasteiger partial charge in [-0.1, -0.05) is 0 Å². The summed E-state index contributed by atoms with van der Waals surface area (Å²) in [4.78, 5) is 5.37. The zero-order valence-electron chi connectivity index (χ0n) is 7.53. The number of nitrogens with zero attached hydrogens (tertiary/aromatic N) is 5. The van der Waals surface area contributed by atoms with Gasteiger partial charge in [0.25, 0.3) is 0 Å². The minimum Gasteiger partial charge on any atom is -0.386 e. The molecule has 0 radical (unpaired) electrons. The van der Waals surface area contributed by atoms with Gasteiger partial charge < -0.3 is 5.11 Å². The average Bonchev–Trinajstić information content (AvgIpc) is 2.75. The van der Waals surface area contributed by atoms with E-state index in [2.05, 4.69) is 20.4 Å². The normalized spacial score (nSPS) is 13.0. The molecular weight excluding hydrogens is 202 g/mol. The highest BCUT2D eigenvalue weighted by Crippen LogP contribution is 2.15. The summed E-state index contributed by atoms with van der Waals surface area (Å²) in [5, 5.41) is 22.9. The van der Waals surface area contributed by atoms with Crippen LogP contribution in [-0.4, -0.2) is 30.3 Å². The molecule has 0 aromatic carbocycles. The molecule has 0 spiro atoms. The molecule has 2 aromatic heterocycles. The minimum absolute atomic E-state index is 0.345. The quantitative estimate of drug-likeness (QED) is 0.769. The van der Waals surface area contributed by atoms with Crippen LogP contribution in [0.4, 0.5) is 0 Å². The maximum Gasteiger partial charge on any atom is 0.177 e. The average molecular weight is 211 g/mol. The molecule has 0 saturated carbocycles. The molecule has 2 heterocycles. The Balaban J connectivity index is 2.05. The Hall–Kier alpha value is -1.34. The summed E-state index contributed by atoms with van der Waals surface area (Å²) in [6.07, 6.45) is -0.303. The van der Waals surface area contributed by atoms with Gasteiger partial charge in [-0.25, -0.2) is 4.98 Å². The van der Waals surface area contributed by atoms with Crippen LogP contribution in [0.2, 0.25) is 0 Å². The van der Waals surface area contributed by atoms with E-state index in [1.54, 1.807) is 17.9 Å². The Labute approximate surface area is 84.2 Å². The molecule has 0 saturated heterocycles. The standard InChI is InChI=1S/C7H9N5OS/c1-12-10-7(9-11-12)2-6(13)5-3-14-4-8-5/h3-4,6,13H,2H2,1H3. The van der Waals surface area contributed by atoms with E-state index in [1.807, 2.05) is 0 Å². The zero-order chi connectivity index (χ0) is 9.97. The molecule has 0 bridgehead atoms. The summed E-state index contributed by atoms with van der Waals surface area (Å²) in [5.41, 5.74) is 2.34. The Morgan fingerprint density at radius 3 is 3.07 bits per heavy atom. The van der Waals surface area contributed by atoms with E-state index in [4.69, 9.17) is 0 Å². The summed E-state index contributed by atoms with van der Waals surface area (Å²) in [6, 6.07) is 0. The number of tetrazole rings is 1. The van der Waals surface area contributed by atoms with Crippen LogP contribution in [0.15, 0.2) is 10.9 Å². The molecule has 1 N–H and O–H groups in total. The van der Waals surface area contributed by atoms with E-state index < -0.39 is 6.10 Å². The molecule has 0 fully saturated rings. The lowest BCUT2D eigenvalue weighted by atomic mass is 10.2. The molecule has 0 aliphatic carbocycles. The Bertz CT molecular complexity index is 398. The highest BCUT2D eigenvalue weighted by Gasteiger charge is 2.13. The molecule has 7 heteroatoms. The topological polar surface area (TPSA) is 76.7 Å². The van der Waals surface area contributed by atoms with Crippen molar-refractivity contribution >= 4 is 11.3 Å². The molecule has 14 heavy (non-hydrogen) atoms. The lowest BCUT2D eigenvalue weighted by molar-refractivity contribution is 0.171. The van der Waals surface area contributed by atoms with Gasteiger partial charge in [-0.15, -0.1) is 21.5 Å². The fourth-order valence-electron chi connectivity index (χ4n) is 1.07. The third-order valence-corrected chi connectivity index (χ3v) is 2.32. The number of aliphatic hydroxyl groups excluding tert-OH is 1. The van der Waals surface area contributed by atoms with Crippen molar-refractivity contribution in [3.63, 3.8) is 0 Å². The minimum atomic E-state index is -0.648. The van der Waals surface area contributed by atoms with Gasteiger partial charge in [0.15, 0.2) is 5.82 Å². The summed E-state index contributed by atoms with van der Waals surface area (Å²) in [5.74, 6) is 0.521. The van der Waals surface area contributed by atoms with Gasteiger partial charge in [0.05, 0.1) is 18.3 Å². The maximum atomic E-state index is 9.70. The Morgan fingerprint density at radius 2 is 2.50 bits per heavy atom. The molecule has 0 aliphatic rings. The van der Waals surface area contributed by atoms with Crippen molar-refractivity contribution in [2.75, 3.05) is 0 Å². The Morgan fingerprint density at radius 1 is 1.64 bits per heavy atom. The molecule has 1 unspecified atom stereocenters. The second kappa shape index (κ2) is 3.81. The number of hydrogen-bond donors (Lipinski definition) is 1. The van der Waals surface area contributed by atoms with Gasteiger partial charge in [0.2, 0.25) is 0 Å². The molecular formula is C7H9N5OS. The van der Waals surface area contributed by atoms with E-state index in [0.29, 0.717) is 17.9 Å². The number of thiazole rings is 1. The van der Waals surface area contributed by atoms with Crippen LogP contribution < -0.4 is 0 Å². The SMILES string of the molecule is Cn1nnc(CC(O)c2cscn2)n1. The molecule has 6 nitrogen and oxygen atoms in total. The van der Waals surface area contributed by atoms with E-state index in [0.717, 1.165) is 0 Å². The number of rotatable bonds is 3. The van der Waals surface area contributed by atoms with Crippen LogP contribution in [0.3, 0.4) is 0 Å². The lowest BCUT2D eigenvalue weighted by Gasteiger charge is -2.02. The summed E-state index contributed by atoms with van der Waals surface area (Å²) >= 11 is 1.45. The third kappa shape index (κ3) is 1.94. The summed E-state index contributed by atoms with van der Waals surface area (Å²) < 4.78 is 0. The zero-order valence-corrected chi connectivity index (χ0v) is 8.35. The first-order valence-corrected chi connectivity index (χ1v) is 4.99. The van der Waals surface area contributed by atoms with Crippen molar-refractivity contribution in [3.05, 3.63) is 22.4 Å². The van der Waals surface area contributed by atoms with Crippen LogP contribution in [0, 0.1) is 0 Å². The van der Waals surface area contributed by atoms with E-state index in [-0.39, 0.29) is 0 Å². The van der Waals surface area contributed by atoms with E-state index in [9.17, 15) is 5.11 Å². The van der Waals surface area contributed by atoms with Crippen LogP contribution in [0.1, 0.15) is 17.6 Å². The Kier molecular flexibility index (Phi) is 2.51. The van der Waals surface area contributed by atoms with Crippen LogP contribution in [-0.2, 0) is 13.5 Å². The number of aromatic nitrogens is 5. The van der Waals surface area contributed by atoms with Gasteiger partial charge in [-0.05, 0) is 5.21 Å². The van der Waals surface area contributed by atoms with Gasteiger partial charge in [0.1, 0.15) is 6.10 Å². The van der Waals surface area contributed by atoms with Crippen molar-refractivity contribution in [2.45, 2.75) is 12.5 Å². The number of aliphatic hydroxyl groups is 1. The first kappa shape index (κ1) is 9.22. The van der Waals surface area contributed by atoms with Crippen molar-refractivity contribution in [2.24, 2.45) is 7.05 Å². The third-order valence-electron chi connectivity index (χ3n) is 1.72. The van der Waals surface area contributed by atoms with Gasteiger partial charge >= 0.3 is 0 Å². The highest BCUT2D eigenvalue weighted by atomic mass is 32.1. The largest absolute Gasteiger partial charge is 0.386 e. The molecule has 2 aromatic rings. The maximum absolute atomic E-state index is 9.70. The first-order valence-electron chi connectivity index (χ1n) is 4.04. The highest BCUT2D eigenvalue weighted by molar-refractivity contribution is 7.07. The molecule has 0 aliphatic heterocycles. The van der Waals surface area contributed by atoms with Crippen molar-refractivity contribution in [1.29, 1.82) is 0 Å². The van der Waals surface area contributed by atoms with Gasteiger partial charge in [-0.3, -0.25) is 0 Å². The molecule has 0 amide bonds. The van der Waals surface area contributed by atoms with Crippen molar-refractivity contribution < 1.29 is 5.11 Å². The van der Waals surface area contributed by atoms with Crippen molar-refractivity contribution in [3.8, 4) is 0 Å². The van der Waals surface area contributed by atoms with Crippen molar-refractivity contribution in [1.82, 2.24) is 25.2 Å². The predicted octanol–water partition coefficient (Wildman–Crippen LogP) is -0.0573. The lowest BCUT2D eigenvalue weighted by Crippen LogP contribution is -2.04. The van der Waals surface area contributed by atoms with E-state index in [1.165, 1.54) is 16.1 Å². The number of hydrogen-bond acceptors (Lipinski definition) is 6. The second-order valence-electron chi connectivity index (χ2n) is 2.83. The number of aryl methyl sites for hydroxylation is 1. The summed E-state index contributed by atoms with van der Waals surface area (Å²) in [6.45, 7) is 0. The molecule has 1 atom stereocenters.